The van der Waals surface area contributed by atoms with E-state index in [9.17, 15) is 0 Å². The highest BCUT2D eigenvalue weighted by molar-refractivity contribution is 6.15. The topological polar surface area (TPSA) is 51.6 Å². The lowest BCUT2D eigenvalue weighted by Gasteiger charge is -2.18. The van der Waals surface area contributed by atoms with E-state index in [4.69, 9.17) is 9.97 Å². The van der Waals surface area contributed by atoms with Crippen molar-refractivity contribution in [3.05, 3.63) is 219 Å². The summed E-state index contributed by atoms with van der Waals surface area (Å²) < 4.78 is 0. The molecular weight excluding hydrogens is 753 g/mol. The minimum atomic E-state index is 0.856. The smallest absolute Gasteiger partial charge is 0.0979 e. The second kappa shape index (κ2) is 14.7. The van der Waals surface area contributed by atoms with Crippen LogP contribution in [0.15, 0.2) is 219 Å². The largest absolute Gasteiger partial charge is 0.265 e. The van der Waals surface area contributed by atoms with Gasteiger partial charge in [0.1, 0.15) is 0 Å². The van der Waals surface area contributed by atoms with Crippen LogP contribution in [0, 0.1) is 0 Å². The molecule has 0 aliphatic carbocycles. The van der Waals surface area contributed by atoms with E-state index in [1.165, 1.54) is 54.9 Å². The first-order chi connectivity index (χ1) is 30.8. The molecule has 62 heavy (non-hydrogen) atoms. The van der Waals surface area contributed by atoms with Gasteiger partial charge in [0.15, 0.2) is 0 Å². The molecule has 0 radical (unpaired) electrons. The monoisotopic (exact) mass is 788 g/mol. The van der Waals surface area contributed by atoms with Gasteiger partial charge in [-0.15, -0.1) is 0 Å². The molecule has 0 amide bonds. The number of aromatic nitrogens is 4. The van der Waals surface area contributed by atoms with Crippen LogP contribution in [0.3, 0.4) is 0 Å². The Kier molecular flexibility index (Phi) is 8.46. The number of para-hydroxylation sites is 2. The fraction of sp³-hybridized carbons (Fsp3) is 0. The van der Waals surface area contributed by atoms with E-state index in [0.29, 0.717) is 0 Å². The van der Waals surface area contributed by atoms with Crippen molar-refractivity contribution < 1.29 is 0 Å². The molecular formula is C58H36N4. The summed E-state index contributed by atoms with van der Waals surface area (Å²) in [5.74, 6) is 0. The van der Waals surface area contributed by atoms with E-state index in [-0.39, 0.29) is 0 Å². The molecule has 12 rings (SSSR count). The lowest BCUT2D eigenvalue weighted by atomic mass is 9.87. The zero-order chi connectivity index (χ0) is 41.0. The maximum atomic E-state index is 5.46. The van der Waals surface area contributed by atoms with Gasteiger partial charge in [-0.1, -0.05) is 158 Å². The fourth-order valence-corrected chi connectivity index (χ4v) is 9.49. The Balaban J connectivity index is 1.06. The molecule has 0 spiro atoms. The van der Waals surface area contributed by atoms with Crippen LogP contribution < -0.4 is 0 Å². The van der Waals surface area contributed by atoms with Crippen molar-refractivity contribution in [3.8, 4) is 67.0 Å². The highest BCUT2D eigenvalue weighted by atomic mass is 14.8. The number of hydrogen-bond acceptors (Lipinski definition) is 4. The van der Waals surface area contributed by atoms with Crippen molar-refractivity contribution in [2.75, 3.05) is 0 Å². The van der Waals surface area contributed by atoms with Crippen LogP contribution >= 0.6 is 0 Å². The molecule has 0 fully saturated rings. The minimum absolute atomic E-state index is 0.856. The third-order valence-electron chi connectivity index (χ3n) is 12.3. The SMILES string of the molecule is c1ccc2nc(-c3ccc(-c4ccc(-c5ccncc5)c5ccccc45)c4ccccc34)c(-c3ccc(-c4ccc(-c5ccncc5)c5ccccc45)c4ccccc34)nc2c1. The average Bonchev–Trinajstić information content (AvgIpc) is 3.35. The maximum Gasteiger partial charge on any atom is 0.0979 e. The minimum Gasteiger partial charge on any atom is -0.265 e. The average molecular weight is 789 g/mol. The van der Waals surface area contributed by atoms with Crippen molar-refractivity contribution in [1.82, 2.24) is 19.9 Å². The first-order valence-electron chi connectivity index (χ1n) is 20.9. The third kappa shape index (κ3) is 5.84. The Morgan fingerprint density at radius 3 is 0.774 bits per heavy atom. The number of benzene rings is 9. The summed E-state index contributed by atoms with van der Waals surface area (Å²) in [6, 6.07) is 69.4. The quantitative estimate of drug-likeness (QED) is 0.168. The molecule has 0 aliphatic rings. The van der Waals surface area contributed by atoms with Crippen molar-refractivity contribution >= 4 is 54.1 Å². The lowest BCUT2D eigenvalue weighted by molar-refractivity contribution is 1.30. The second-order valence-corrected chi connectivity index (χ2v) is 15.7. The number of nitrogens with zero attached hydrogens (tertiary/aromatic N) is 4. The first kappa shape index (κ1) is 35.6. The molecule has 4 nitrogen and oxygen atoms in total. The van der Waals surface area contributed by atoms with E-state index in [2.05, 4.69) is 192 Å². The summed E-state index contributed by atoms with van der Waals surface area (Å²) in [5, 5.41) is 9.40. The zero-order valence-corrected chi connectivity index (χ0v) is 33.6. The van der Waals surface area contributed by atoms with E-state index in [1.54, 1.807) is 0 Å². The summed E-state index contributed by atoms with van der Waals surface area (Å²) in [6.07, 6.45) is 7.43. The van der Waals surface area contributed by atoms with Crippen molar-refractivity contribution in [3.63, 3.8) is 0 Å². The summed E-state index contributed by atoms with van der Waals surface area (Å²) in [4.78, 5) is 19.5. The standard InChI is InChI=1S/C58H36N4/c1-3-13-43-41(11-1)39(37-29-33-59-34-30-37)21-23-49(43)51-25-27-53(47-17-7-5-15-45(47)51)57-58(62-56-20-10-9-19-55(56)61-57)54-28-26-52(46-16-6-8-18-48(46)54)50-24-22-40(38-31-35-60-36-32-38)42-12-2-4-14-44(42)50/h1-36H. The Morgan fingerprint density at radius 1 is 0.210 bits per heavy atom. The van der Waals surface area contributed by atoms with Crippen LogP contribution in [0.25, 0.3) is 121 Å². The van der Waals surface area contributed by atoms with Crippen LogP contribution in [-0.4, -0.2) is 19.9 Å². The predicted octanol–water partition coefficient (Wildman–Crippen LogP) is 15.0. The van der Waals surface area contributed by atoms with E-state index >= 15 is 0 Å². The summed E-state index contributed by atoms with van der Waals surface area (Å²) in [5.41, 5.74) is 14.9. The molecule has 0 aliphatic heterocycles. The number of pyridine rings is 2. The van der Waals surface area contributed by atoms with Gasteiger partial charge in [-0.3, -0.25) is 9.97 Å². The van der Waals surface area contributed by atoms with Gasteiger partial charge in [-0.2, -0.15) is 0 Å². The summed E-state index contributed by atoms with van der Waals surface area (Å²) >= 11 is 0. The number of fused-ring (bicyclic) bond motifs is 5. The highest BCUT2D eigenvalue weighted by Crippen LogP contribution is 2.45. The molecule has 4 heteroatoms. The van der Waals surface area contributed by atoms with E-state index < -0.39 is 0 Å². The Labute approximate surface area is 358 Å². The molecule has 0 saturated heterocycles. The molecule has 9 aromatic carbocycles. The van der Waals surface area contributed by atoms with Crippen LogP contribution in [0.1, 0.15) is 0 Å². The molecule has 0 saturated carbocycles. The van der Waals surface area contributed by atoms with Crippen LogP contribution in [0.2, 0.25) is 0 Å². The van der Waals surface area contributed by atoms with Crippen molar-refractivity contribution in [2.45, 2.75) is 0 Å². The first-order valence-corrected chi connectivity index (χ1v) is 20.9. The number of rotatable bonds is 6. The predicted molar refractivity (Wildman–Crippen MR) is 258 cm³/mol. The Morgan fingerprint density at radius 2 is 0.452 bits per heavy atom. The molecule has 0 atom stereocenters. The van der Waals surface area contributed by atoms with Crippen LogP contribution in [0.4, 0.5) is 0 Å². The molecule has 3 heterocycles. The lowest BCUT2D eigenvalue weighted by Crippen LogP contribution is -1.98. The highest BCUT2D eigenvalue weighted by Gasteiger charge is 2.21. The normalized spacial score (nSPS) is 11.5. The van der Waals surface area contributed by atoms with Crippen LogP contribution in [-0.2, 0) is 0 Å². The van der Waals surface area contributed by atoms with Gasteiger partial charge in [0.25, 0.3) is 0 Å². The molecule has 3 aromatic heterocycles. The van der Waals surface area contributed by atoms with Gasteiger partial charge >= 0.3 is 0 Å². The maximum absolute atomic E-state index is 5.46. The van der Waals surface area contributed by atoms with Gasteiger partial charge < -0.3 is 0 Å². The summed E-state index contributed by atoms with van der Waals surface area (Å²) in [6.45, 7) is 0. The fourth-order valence-electron chi connectivity index (χ4n) is 9.49. The molecule has 0 bridgehead atoms. The number of hydrogen-bond donors (Lipinski definition) is 0. The van der Waals surface area contributed by atoms with Gasteiger partial charge in [0, 0.05) is 35.9 Å². The zero-order valence-electron chi connectivity index (χ0n) is 33.6. The molecule has 0 N–H and O–H groups in total. The van der Waals surface area contributed by atoms with E-state index in [0.717, 1.165) is 66.2 Å². The Hall–Kier alpha value is -8.34. The second-order valence-electron chi connectivity index (χ2n) is 15.7. The molecule has 0 unspecified atom stereocenters. The van der Waals surface area contributed by atoms with Gasteiger partial charge in [0.05, 0.1) is 22.4 Å². The third-order valence-corrected chi connectivity index (χ3v) is 12.3. The summed E-state index contributed by atoms with van der Waals surface area (Å²) in [7, 11) is 0. The van der Waals surface area contributed by atoms with Gasteiger partial charge in [-0.05, 0) is 124 Å². The van der Waals surface area contributed by atoms with Crippen molar-refractivity contribution in [2.24, 2.45) is 0 Å². The van der Waals surface area contributed by atoms with Gasteiger partial charge in [-0.25, -0.2) is 9.97 Å². The molecule has 288 valence electrons. The van der Waals surface area contributed by atoms with Gasteiger partial charge in [0.2, 0.25) is 0 Å². The van der Waals surface area contributed by atoms with E-state index in [1.807, 2.05) is 36.9 Å². The van der Waals surface area contributed by atoms with Crippen LogP contribution in [0.5, 0.6) is 0 Å². The Bertz CT molecular complexity index is 3450. The van der Waals surface area contributed by atoms with Crippen molar-refractivity contribution in [1.29, 1.82) is 0 Å². The molecule has 12 aromatic rings.